The summed E-state index contributed by atoms with van der Waals surface area (Å²) in [6, 6.07) is 4.79. The number of carbonyl (C=O) groups is 2. The molecule has 1 unspecified atom stereocenters. The average Bonchev–Trinajstić information content (AvgIpc) is 2.88. The molecule has 0 bridgehead atoms. The van der Waals surface area contributed by atoms with E-state index in [1.165, 1.54) is 57.8 Å². The predicted molar refractivity (Wildman–Crippen MR) is 141 cm³/mol. The third-order valence-electron chi connectivity index (χ3n) is 6.29. The van der Waals surface area contributed by atoms with Crippen LogP contribution in [0.1, 0.15) is 131 Å². The van der Waals surface area contributed by atoms with Crippen LogP contribution in [0.15, 0.2) is 18.2 Å². The van der Waals surface area contributed by atoms with Crippen LogP contribution < -0.4 is 0 Å². The number of hydrogen-bond donors (Lipinski definition) is 0. The van der Waals surface area contributed by atoms with Crippen molar-refractivity contribution in [3.8, 4) is 0 Å². The molecule has 0 amide bonds. The van der Waals surface area contributed by atoms with E-state index in [1.54, 1.807) is 25.3 Å². The van der Waals surface area contributed by atoms with Gasteiger partial charge in [0.1, 0.15) is 11.4 Å². The molecule has 6 nitrogen and oxygen atoms in total. The van der Waals surface area contributed by atoms with E-state index in [2.05, 4.69) is 18.8 Å². The Labute approximate surface area is 213 Å². The molecule has 0 saturated heterocycles. The van der Waals surface area contributed by atoms with Crippen LogP contribution in [-0.2, 0) is 14.2 Å². The first-order valence-corrected chi connectivity index (χ1v) is 13.9. The van der Waals surface area contributed by atoms with Gasteiger partial charge in [-0.05, 0) is 37.3 Å². The Morgan fingerprint density at radius 3 is 1.86 bits per heavy atom. The Hall–Kier alpha value is -1.95. The smallest absolute Gasteiger partial charge is 0.356 e. The van der Waals surface area contributed by atoms with Gasteiger partial charge in [-0.25, -0.2) is 14.6 Å². The van der Waals surface area contributed by atoms with Gasteiger partial charge >= 0.3 is 11.9 Å². The molecule has 1 heterocycles. The molecule has 6 heteroatoms. The highest BCUT2D eigenvalue weighted by Gasteiger charge is 2.17. The Kier molecular flexibility index (Phi) is 19.0. The van der Waals surface area contributed by atoms with E-state index >= 15 is 0 Å². The molecule has 0 aromatic carbocycles. The van der Waals surface area contributed by atoms with Gasteiger partial charge in [-0.2, -0.15) is 0 Å². The van der Waals surface area contributed by atoms with Gasteiger partial charge in [0, 0.05) is 13.7 Å². The van der Waals surface area contributed by atoms with Crippen molar-refractivity contribution in [2.75, 3.05) is 26.9 Å². The lowest BCUT2D eigenvalue weighted by atomic mass is 9.99. The number of methoxy groups -OCH3 is 1. The van der Waals surface area contributed by atoms with Gasteiger partial charge in [-0.1, -0.05) is 97.0 Å². The summed E-state index contributed by atoms with van der Waals surface area (Å²) in [5.74, 6) is -0.736. The zero-order valence-electron chi connectivity index (χ0n) is 22.5. The van der Waals surface area contributed by atoms with Crippen molar-refractivity contribution in [3.05, 3.63) is 29.6 Å². The first-order valence-electron chi connectivity index (χ1n) is 13.9. The SMILES string of the molecule is CCCCCCCCCCCCOC(=O)c1cccc(C(=O)OCC(CCCCC)CCOC)n1. The molecule has 0 radical (unpaired) electrons. The van der Waals surface area contributed by atoms with E-state index in [-0.39, 0.29) is 17.3 Å². The predicted octanol–water partition coefficient (Wildman–Crippen LogP) is 7.55. The second kappa shape index (κ2) is 21.3. The van der Waals surface area contributed by atoms with Gasteiger partial charge in [0.15, 0.2) is 0 Å². The summed E-state index contributed by atoms with van der Waals surface area (Å²) in [5, 5.41) is 0. The van der Waals surface area contributed by atoms with Crippen LogP contribution in [0.2, 0.25) is 0 Å². The highest BCUT2D eigenvalue weighted by atomic mass is 16.5. The van der Waals surface area contributed by atoms with Crippen LogP contribution in [0.5, 0.6) is 0 Å². The average molecular weight is 492 g/mol. The summed E-state index contributed by atoms with van der Waals surface area (Å²) in [5.41, 5.74) is 0.280. The summed E-state index contributed by atoms with van der Waals surface area (Å²) in [6.45, 7) is 5.77. The van der Waals surface area contributed by atoms with Gasteiger partial charge in [0.2, 0.25) is 0 Å². The van der Waals surface area contributed by atoms with Crippen molar-refractivity contribution in [3.63, 3.8) is 0 Å². The molecule has 0 aliphatic carbocycles. The summed E-state index contributed by atoms with van der Waals surface area (Å²) >= 11 is 0. The van der Waals surface area contributed by atoms with Crippen molar-refractivity contribution < 1.29 is 23.8 Å². The number of aromatic nitrogens is 1. The van der Waals surface area contributed by atoms with E-state index < -0.39 is 11.9 Å². The molecule has 1 atom stereocenters. The summed E-state index contributed by atoms with van der Waals surface area (Å²) in [6.07, 6.45) is 17.6. The molecule has 0 saturated carbocycles. The molecule has 1 rings (SSSR count). The molecule has 35 heavy (non-hydrogen) atoms. The Balaban J connectivity index is 2.32. The van der Waals surface area contributed by atoms with Crippen LogP contribution in [0.4, 0.5) is 0 Å². The standard InChI is InChI=1S/C29H49NO5/c1-4-6-8-9-10-11-12-13-14-16-22-34-28(31)26-19-17-20-27(30-26)29(32)35-24-25(21-23-33-3)18-15-7-5-2/h17,19-20,25H,4-16,18,21-24H2,1-3H3. The van der Waals surface area contributed by atoms with Crippen LogP contribution in [0, 0.1) is 5.92 Å². The molecule has 1 aromatic rings. The summed E-state index contributed by atoms with van der Waals surface area (Å²) < 4.78 is 16.1. The minimum absolute atomic E-state index is 0.137. The second-order valence-electron chi connectivity index (χ2n) is 9.47. The topological polar surface area (TPSA) is 74.7 Å². The lowest BCUT2D eigenvalue weighted by molar-refractivity contribution is 0.0392. The molecule has 0 N–H and O–H groups in total. The molecule has 0 fully saturated rings. The minimum atomic E-state index is -0.507. The summed E-state index contributed by atoms with van der Waals surface area (Å²) in [4.78, 5) is 29.1. The fourth-order valence-corrected chi connectivity index (χ4v) is 4.04. The lowest BCUT2D eigenvalue weighted by Crippen LogP contribution is -2.18. The van der Waals surface area contributed by atoms with Crippen molar-refractivity contribution in [2.45, 2.75) is 110 Å². The normalized spacial score (nSPS) is 11.9. The van der Waals surface area contributed by atoms with E-state index in [1.807, 2.05) is 0 Å². The zero-order valence-corrected chi connectivity index (χ0v) is 22.5. The molecule has 0 aliphatic rings. The second-order valence-corrected chi connectivity index (χ2v) is 9.47. The number of hydrogen-bond acceptors (Lipinski definition) is 6. The Bertz CT molecular complexity index is 679. The van der Waals surface area contributed by atoms with Gasteiger partial charge in [0.05, 0.1) is 13.2 Å². The molecular formula is C29H49NO5. The highest BCUT2D eigenvalue weighted by molar-refractivity contribution is 5.91. The van der Waals surface area contributed by atoms with E-state index in [4.69, 9.17) is 14.2 Å². The number of esters is 2. The number of unbranched alkanes of at least 4 members (excludes halogenated alkanes) is 11. The minimum Gasteiger partial charge on any atom is -0.461 e. The monoisotopic (exact) mass is 491 g/mol. The van der Waals surface area contributed by atoms with Crippen molar-refractivity contribution >= 4 is 11.9 Å². The van der Waals surface area contributed by atoms with Gasteiger partial charge in [0.25, 0.3) is 0 Å². The maximum absolute atomic E-state index is 12.5. The number of nitrogens with zero attached hydrogens (tertiary/aromatic N) is 1. The van der Waals surface area contributed by atoms with Crippen LogP contribution >= 0.6 is 0 Å². The fourth-order valence-electron chi connectivity index (χ4n) is 4.04. The quantitative estimate of drug-likeness (QED) is 0.123. The lowest BCUT2D eigenvalue weighted by Gasteiger charge is -2.16. The number of ether oxygens (including phenoxy) is 3. The number of pyridine rings is 1. The van der Waals surface area contributed by atoms with E-state index in [0.29, 0.717) is 19.8 Å². The van der Waals surface area contributed by atoms with E-state index in [9.17, 15) is 9.59 Å². The molecule has 0 aliphatic heterocycles. The van der Waals surface area contributed by atoms with Gasteiger partial charge < -0.3 is 14.2 Å². The molecule has 0 spiro atoms. The number of carbonyl (C=O) groups excluding carboxylic acids is 2. The van der Waals surface area contributed by atoms with Crippen LogP contribution in [0.3, 0.4) is 0 Å². The third kappa shape index (κ3) is 15.6. The maximum atomic E-state index is 12.5. The number of rotatable bonds is 22. The first kappa shape index (κ1) is 31.1. The molecular weight excluding hydrogens is 442 g/mol. The van der Waals surface area contributed by atoms with Crippen LogP contribution in [0.25, 0.3) is 0 Å². The van der Waals surface area contributed by atoms with E-state index in [0.717, 1.165) is 38.5 Å². The third-order valence-corrected chi connectivity index (χ3v) is 6.29. The zero-order chi connectivity index (χ0) is 25.6. The maximum Gasteiger partial charge on any atom is 0.356 e. The largest absolute Gasteiger partial charge is 0.461 e. The van der Waals surface area contributed by atoms with Crippen LogP contribution in [-0.4, -0.2) is 43.9 Å². The molecule has 200 valence electrons. The van der Waals surface area contributed by atoms with Crippen molar-refractivity contribution in [2.24, 2.45) is 5.92 Å². The van der Waals surface area contributed by atoms with Gasteiger partial charge in [-0.15, -0.1) is 0 Å². The van der Waals surface area contributed by atoms with Gasteiger partial charge in [-0.3, -0.25) is 0 Å². The first-order chi connectivity index (χ1) is 17.1. The summed E-state index contributed by atoms with van der Waals surface area (Å²) in [7, 11) is 1.68. The fraction of sp³-hybridized carbons (Fsp3) is 0.759. The van der Waals surface area contributed by atoms with Crippen molar-refractivity contribution in [1.29, 1.82) is 0 Å². The molecule has 1 aromatic heterocycles. The highest BCUT2D eigenvalue weighted by Crippen LogP contribution is 2.16. The Morgan fingerprint density at radius 2 is 1.26 bits per heavy atom. The Morgan fingerprint density at radius 1 is 0.714 bits per heavy atom. The van der Waals surface area contributed by atoms with Crippen molar-refractivity contribution in [1.82, 2.24) is 4.98 Å².